The van der Waals surface area contributed by atoms with Crippen molar-refractivity contribution in [3.63, 3.8) is 0 Å². The molecule has 0 N–H and O–H groups in total. The van der Waals surface area contributed by atoms with Crippen LogP contribution in [0.3, 0.4) is 0 Å². The predicted octanol–water partition coefficient (Wildman–Crippen LogP) is 6.70. The maximum atomic E-state index is 5.50. The van der Waals surface area contributed by atoms with Crippen molar-refractivity contribution in [1.29, 1.82) is 0 Å². The monoisotopic (exact) mass is 432 g/mol. The zero-order valence-corrected chi connectivity index (χ0v) is 17.5. The fourth-order valence-corrected chi connectivity index (χ4v) is 4.20. The van der Waals surface area contributed by atoms with Crippen LogP contribution in [0, 0.1) is 26.2 Å². The Bertz CT molecular complexity index is 740. The third kappa shape index (κ3) is 4.08. The van der Waals surface area contributed by atoms with Crippen LogP contribution in [0.4, 0.5) is 0 Å². The van der Waals surface area contributed by atoms with E-state index in [1.54, 1.807) is 0 Å². The number of aryl methyl sites for hydroxylation is 2. The molecular weight excluding hydrogens is 412 g/mol. The van der Waals surface area contributed by atoms with E-state index in [1.807, 2.05) is 12.1 Å². The summed E-state index contributed by atoms with van der Waals surface area (Å²) in [4.78, 5) is 0. The van der Waals surface area contributed by atoms with Crippen molar-refractivity contribution < 1.29 is 0 Å². The van der Waals surface area contributed by atoms with E-state index in [9.17, 15) is 0 Å². The summed E-state index contributed by atoms with van der Waals surface area (Å²) in [6.07, 6.45) is 6.39. The molecule has 0 aliphatic heterocycles. The SMILES string of the molecule is C#Cc1cc(Br)c(Cc2c(C)cc(C(C)(C)C)cc2C)c(Br)c1. The van der Waals surface area contributed by atoms with Crippen molar-refractivity contribution in [2.45, 2.75) is 46.5 Å². The fourth-order valence-electron chi connectivity index (χ4n) is 2.74. The third-order valence-electron chi connectivity index (χ3n) is 4.22. The summed E-state index contributed by atoms with van der Waals surface area (Å²) < 4.78 is 2.11. The van der Waals surface area contributed by atoms with Gasteiger partial charge in [-0.05, 0) is 59.2 Å². The van der Waals surface area contributed by atoms with Crippen LogP contribution in [0.2, 0.25) is 0 Å². The largest absolute Gasteiger partial charge is 0.115 e. The van der Waals surface area contributed by atoms with Gasteiger partial charge in [-0.3, -0.25) is 0 Å². The van der Waals surface area contributed by atoms with Gasteiger partial charge in [0.25, 0.3) is 0 Å². The molecule has 0 saturated heterocycles. The molecule has 0 nitrogen and oxygen atoms in total. The van der Waals surface area contributed by atoms with Gasteiger partial charge < -0.3 is 0 Å². The van der Waals surface area contributed by atoms with Gasteiger partial charge in [-0.2, -0.15) is 0 Å². The van der Waals surface area contributed by atoms with E-state index in [0.717, 1.165) is 20.9 Å². The van der Waals surface area contributed by atoms with Gasteiger partial charge in [0.05, 0.1) is 0 Å². The Morgan fingerprint density at radius 3 is 1.78 bits per heavy atom. The third-order valence-corrected chi connectivity index (χ3v) is 5.64. The lowest BCUT2D eigenvalue weighted by atomic mass is 9.83. The van der Waals surface area contributed by atoms with E-state index >= 15 is 0 Å². The molecule has 0 saturated carbocycles. The highest BCUT2D eigenvalue weighted by atomic mass is 79.9. The van der Waals surface area contributed by atoms with Crippen LogP contribution in [-0.4, -0.2) is 0 Å². The highest BCUT2D eigenvalue weighted by Gasteiger charge is 2.17. The average Bonchev–Trinajstić information content (AvgIpc) is 2.43. The van der Waals surface area contributed by atoms with E-state index in [0.29, 0.717) is 0 Å². The first kappa shape index (κ1) is 18.3. The Kier molecular flexibility index (Phi) is 5.44. The van der Waals surface area contributed by atoms with Gasteiger partial charge in [0.15, 0.2) is 0 Å². The predicted molar refractivity (Wildman–Crippen MR) is 107 cm³/mol. The first-order chi connectivity index (χ1) is 10.6. The molecule has 0 fully saturated rings. The number of benzene rings is 2. The van der Waals surface area contributed by atoms with Gasteiger partial charge in [0.1, 0.15) is 0 Å². The van der Waals surface area contributed by atoms with E-state index in [1.165, 1.54) is 27.8 Å². The molecule has 0 aliphatic carbocycles. The zero-order valence-electron chi connectivity index (χ0n) is 14.3. The molecule has 0 bridgehead atoms. The normalized spacial score (nSPS) is 11.4. The number of hydrogen-bond donors (Lipinski definition) is 0. The van der Waals surface area contributed by atoms with Gasteiger partial charge in [-0.1, -0.05) is 70.7 Å². The number of halogens is 2. The minimum absolute atomic E-state index is 0.170. The van der Waals surface area contributed by atoms with Gasteiger partial charge in [-0.25, -0.2) is 0 Å². The summed E-state index contributed by atoms with van der Waals surface area (Å²) in [7, 11) is 0. The minimum atomic E-state index is 0.170. The molecule has 0 amide bonds. The van der Waals surface area contributed by atoms with Gasteiger partial charge in [0.2, 0.25) is 0 Å². The maximum Gasteiger partial charge on any atom is 0.0265 e. The summed E-state index contributed by atoms with van der Waals surface area (Å²) in [5.41, 5.74) is 7.74. The van der Waals surface area contributed by atoms with Crippen LogP contribution in [0.5, 0.6) is 0 Å². The molecule has 0 unspecified atom stereocenters. The Balaban J connectivity index is 2.48. The minimum Gasteiger partial charge on any atom is -0.115 e. The number of terminal acetylenes is 1. The molecule has 0 atom stereocenters. The Hall–Kier alpha value is -1.04. The molecule has 23 heavy (non-hydrogen) atoms. The smallest absolute Gasteiger partial charge is 0.0265 e. The Morgan fingerprint density at radius 2 is 1.39 bits per heavy atom. The molecule has 0 aromatic heterocycles. The molecule has 0 radical (unpaired) electrons. The second-order valence-corrected chi connectivity index (χ2v) is 8.79. The van der Waals surface area contributed by atoms with Gasteiger partial charge in [-0.15, -0.1) is 6.42 Å². The molecule has 2 aromatic rings. The molecule has 0 aliphatic rings. The fraction of sp³-hybridized carbons (Fsp3) is 0.333. The van der Waals surface area contributed by atoms with Crippen molar-refractivity contribution in [1.82, 2.24) is 0 Å². The van der Waals surface area contributed by atoms with Crippen molar-refractivity contribution in [3.8, 4) is 12.3 Å². The first-order valence-electron chi connectivity index (χ1n) is 7.68. The van der Waals surface area contributed by atoms with Crippen LogP contribution < -0.4 is 0 Å². The second-order valence-electron chi connectivity index (χ2n) is 7.08. The highest BCUT2D eigenvalue weighted by molar-refractivity contribution is 9.11. The summed E-state index contributed by atoms with van der Waals surface area (Å²) in [5, 5.41) is 0. The van der Waals surface area contributed by atoms with Crippen molar-refractivity contribution in [3.05, 3.63) is 66.6 Å². The van der Waals surface area contributed by atoms with Crippen molar-refractivity contribution in [2.75, 3.05) is 0 Å². The molecule has 0 heterocycles. The molecule has 2 heteroatoms. The standard InChI is InChI=1S/C21H22Br2/c1-7-15-10-19(22)18(20(23)11-15)12-17-13(2)8-16(9-14(17)3)21(4,5)6/h1,8-11H,12H2,2-6H3. The van der Waals surface area contributed by atoms with Crippen LogP contribution in [-0.2, 0) is 11.8 Å². The summed E-state index contributed by atoms with van der Waals surface area (Å²) in [6.45, 7) is 11.2. The quantitative estimate of drug-likeness (QED) is 0.462. The van der Waals surface area contributed by atoms with Crippen LogP contribution in [0.15, 0.2) is 33.2 Å². The first-order valence-corrected chi connectivity index (χ1v) is 9.27. The average molecular weight is 434 g/mol. The van der Waals surface area contributed by atoms with E-state index in [2.05, 4.69) is 84.5 Å². The van der Waals surface area contributed by atoms with Crippen LogP contribution in [0.1, 0.15) is 54.2 Å². The van der Waals surface area contributed by atoms with E-state index < -0.39 is 0 Å². The van der Waals surface area contributed by atoms with Crippen molar-refractivity contribution in [2.24, 2.45) is 0 Å². The Morgan fingerprint density at radius 1 is 0.913 bits per heavy atom. The summed E-state index contributed by atoms with van der Waals surface area (Å²) in [6, 6.07) is 8.66. The van der Waals surface area contributed by atoms with Crippen LogP contribution in [0.25, 0.3) is 0 Å². The molecule has 0 spiro atoms. The lowest BCUT2D eigenvalue weighted by Gasteiger charge is -2.23. The number of rotatable bonds is 2. The summed E-state index contributed by atoms with van der Waals surface area (Å²) in [5.74, 6) is 2.69. The van der Waals surface area contributed by atoms with Crippen LogP contribution >= 0.6 is 31.9 Å². The lowest BCUT2D eigenvalue weighted by Crippen LogP contribution is -2.12. The second kappa shape index (κ2) is 6.83. The molecule has 2 rings (SSSR count). The highest BCUT2D eigenvalue weighted by Crippen LogP contribution is 2.33. The summed E-state index contributed by atoms with van der Waals surface area (Å²) >= 11 is 7.33. The van der Waals surface area contributed by atoms with Gasteiger partial charge in [0, 0.05) is 20.9 Å². The Labute approximate surface area is 157 Å². The van der Waals surface area contributed by atoms with E-state index in [-0.39, 0.29) is 5.41 Å². The topological polar surface area (TPSA) is 0 Å². The molecule has 120 valence electrons. The maximum absolute atomic E-state index is 5.50. The number of hydrogen-bond acceptors (Lipinski definition) is 0. The zero-order chi connectivity index (χ0) is 17.4. The molecule has 2 aromatic carbocycles. The molecular formula is C21H22Br2. The van der Waals surface area contributed by atoms with Crippen molar-refractivity contribution >= 4 is 31.9 Å². The van der Waals surface area contributed by atoms with E-state index in [4.69, 9.17) is 6.42 Å². The van der Waals surface area contributed by atoms with Gasteiger partial charge >= 0.3 is 0 Å². The lowest BCUT2D eigenvalue weighted by molar-refractivity contribution is 0.589.